The fourth-order valence-electron chi connectivity index (χ4n) is 2.84. The van der Waals surface area contributed by atoms with Crippen LogP contribution in [0.15, 0.2) is 35.7 Å². The number of hydrazine groups is 1. The van der Waals surface area contributed by atoms with Crippen LogP contribution in [0.1, 0.15) is 34.4 Å². The summed E-state index contributed by atoms with van der Waals surface area (Å²) in [6.45, 7) is 0. The van der Waals surface area contributed by atoms with Gasteiger partial charge in [0.2, 0.25) is 0 Å². The molecule has 0 fully saturated rings. The third kappa shape index (κ3) is 2.27. The van der Waals surface area contributed by atoms with Gasteiger partial charge in [-0.1, -0.05) is 24.3 Å². The molecular formula is C15H18N2OS. The second kappa shape index (κ2) is 5.33. The minimum Gasteiger partial charge on any atom is -0.496 e. The number of hydrogen-bond donors (Lipinski definition) is 2. The molecule has 2 aromatic rings. The molecule has 0 bridgehead atoms. The summed E-state index contributed by atoms with van der Waals surface area (Å²) in [5.74, 6) is 7.27. The van der Waals surface area contributed by atoms with E-state index in [1.54, 1.807) is 18.4 Å². The Labute approximate surface area is 117 Å². The number of nitrogens with two attached hydrogens (primary N) is 1. The van der Waals surface area contributed by atoms with Crippen molar-refractivity contribution in [3.63, 3.8) is 0 Å². The van der Waals surface area contributed by atoms with E-state index in [9.17, 15) is 0 Å². The molecule has 0 radical (unpaired) electrons. The zero-order chi connectivity index (χ0) is 13.2. The first kappa shape index (κ1) is 12.7. The summed E-state index contributed by atoms with van der Waals surface area (Å²) in [7, 11) is 1.71. The molecule has 19 heavy (non-hydrogen) atoms. The van der Waals surface area contributed by atoms with Gasteiger partial charge in [-0.05, 0) is 41.3 Å². The van der Waals surface area contributed by atoms with Crippen LogP contribution in [-0.2, 0) is 6.42 Å². The van der Waals surface area contributed by atoms with E-state index in [-0.39, 0.29) is 6.04 Å². The molecule has 3 rings (SSSR count). The smallest absolute Gasteiger partial charge is 0.134 e. The van der Waals surface area contributed by atoms with Gasteiger partial charge in [0.1, 0.15) is 5.75 Å². The summed E-state index contributed by atoms with van der Waals surface area (Å²) < 4.78 is 5.39. The minimum absolute atomic E-state index is 0.160. The first-order valence-electron chi connectivity index (χ1n) is 6.48. The summed E-state index contributed by atoms with van der Waals surface area (Å²) >= 11 is 1.70. The summed E-state index contributed by atoms with van der Waals surface area (Å²) in [6, 6.07) is 10.8. The van der Waals surface area contributed by atoms with Crippen molar-refractivity contribution in [3.8, 4) is 5.75 Å². The van der Waals surface area contributed by atoms with Crippen LogP contribution in [0.25, 0.3) is 0 Å². The quantitative estimate of drug-likeness (QED) is 0.651. The Bertz CT molecular complexity index is 567. The molecule has 2 unspecified atom stereocenters. The molecule has 1 aliphatic carbocycles. The Morgan fingerprint density at radius 1 is 1.42 bits per heavy atom. The molecule has 4 heteroatoms. The van der Waals surface area contributed by atoms with Gasteiger partial charge in [0, 0.05) is 0 Å². The molecule has 2 atom stereocenters. The maximum atomic E-state index is 5.74. The number of nitrogens with one attached hydrogen (secondary N) is 1. The molecule has 1 aromatic heterocycles. The second-order valence-corrected chi connectivity index (χ2v) is 5.86. The fraction of sp³-hybridized carbons (Fsp3) is 0.333. The summed E-state index contributed by atoms with van der Waals surface area (Å²) in [6.07, 6.45) is 2.17. The van der Waals surface area contributed by atoms with Gasteiger partial charge in [0.05, 0.1) is 18.0 Å². The third-order valence-electron chi connectivity index (χ3n) is 3.88. The van der Waals surface area contributed by atoms with Gasteiger partial charge in [-0.25, -0.2) is 0 Å². The lowest BCUT2D eigenvalue weighted by Gasteiger charge is -2.32. The average Bonchev–Trinajstić information content (AvgIpc) is 2.88. The Hall–Kier alpha value is -1.36. The van der Waals surface area contributed by atoms with E-state index in [1.165, 1.54) is 16.0 Å². The topological polar surface area (TPSA) is 47.3 Å². The Balaban J connectivity index is 1.76. The first-order chi connectivity index (χ1) is 9.33. The monoisotopic (exact) mass is 274 g/mol. The largest absolute Gasteiger partial charge is 0.496 e. The molecule has 3 nitrogen and oxygen atoms in total. The van der Waals surface area contributed by atoms with Gasteiger partial charge in [-0.2, -0.15) is 0 Å². The lowest BCUT2D eigenvalue weighted by molar-refractivity contribution is 0.389. The summed E-state index contributed by atoms with van der Waals surface area (Å²) in [4.78, 5) is 1.19. The van der Waals surface area contributed by atoms with Crippen LogP contribution in [0.4, 0.5) is 0 Å². The minimum atomic E-state index is 0.160. The molecule has 0 saturated carbocycles. The van der Waals surface area contributed by atoms with E-state index in [0.717, 1.165) is 18.6 Å². The van der Waals surface area contributed by atoms with E-state index < -0.39 is 0 Å². The number of thiophene rings is 1. The molecule has 1 aliphatic rings. The van der Waals surface area contributed by atoms with E-state index in [0.29, 0.717) is 5.92 Å². The van der Waals surface area contributed by atoms with Gasteiger partial charge in [-0.3, -0.25) is 11.3 Å². The second-order valence-electron chi connectivity index (χ2n) is 4.91. The standard InChI is InChI=1S/C15H18N2OS/c1-18-14-6-7-19-15(14)13(17-16)9-11-8-10-4-2-3-5-12(10)11/h2-7,11,13,17H,8-9,16H2,1H3. The van der Waals surface area contributed by atoms with Gasteiger partial charge >= 0.3 is 0 Å². The SMILES string of the molecule is COc1ccsc1C(CC1Cc2ccccc21)NN. The van der Waals surface area contributed by atoms with Crippen molar-refractivity contribution in [2.45, 2.75) is 24.8 Å². The van der Waals surface area contributed by atoms with Gasteiger partial charge in [-0.15, -0.1) is 11.3 Å². The van der Waals surface area contributed by atoms with E-state index >= 15 is 0 Å². The van der Waals surface area contributed by atoms with Crippen molar-refractivity contribution in [1.82, 2.24) is 5.43 Å². The molecule has 3 N–H and O–H groups in total. The lowest BCUT2D eigenvalue weighted by atomic mass is 9.74. The van der Waals surface area contributed by atoms with Crippen LogP contribution in [0.3, 0.4) is 0 Å². The highest BCUT2D eigenvalue weighted by Crippen LogP contribution is 2.43. The first-order valence-corrected chi connectivity index (χ1v) is 7.36. The normalized spacial score (nSPS) is 18.5. The molecule has 0 spiro atoms. The van der Waals surface area contributed by atoms with E-state index in [1.807, 2.05) is 11.4 Å². The Morgan fingerprint density at radius 3 is 3.00 bits per heavy atom. The molecular weight excluding hydrogens is 256 g/mol. The molecule has 100 valence electrons. The van der Waals surface area contributed by atoms with Crippen LogP contribution >= 0.6 is 11.3 Å². The molecule has 1 heterocycles. The predicted octanol–water partition coefficient (Wildman–Crippen LogP) is 2.99. The predicted molar refractivity (Wildman–Crippen MR) is 78.4 cm³/mol. The van der Waals surface area contributed by atoms with Crippen LogP contribution in [0.5, 0.6) is 5.75 Å². The zero-order valence-electron chi connectivity index (χ0n) is 10.9. The lowest BCUT2D eigenvalue weighted by Crippen LogP contribution is -2.31. The number of fused-ring (bicyclic) bond motifs is 1. The van der Waals surface area contributed by atoms with Crippen LogP contribution < -0.4 is 16.0 Å². The maximum absolute atomic E-state index is 5.74. The zero-order valence-corrected chi connectivity index (χ0v) is 11.7. The molecule has 0 amide bonds. The van der Waals surface area contributed by atoms with Gasteiger partial charge in [0.25, 0.3) is 0 Å². The van der Waals surface area contributed by atoms with E-state index in [4.69, 9.17) is 10.6 Å². The van der Waals surface area contributed by atoms with Crippen molar-refractivity contribution in [2.75, 3.05) is 7.11 Å². The van der Waals surface area contributed by atoms with Crippen molar-refractivity contribution in [1.29, 1.82) is 0 Å². The summed E-state index contributed by atoms with van der Waals surface area (Å²) in [5.41, 5.74) is 5.88. The molecule has 1 aromatic carbocycles. The van der Waals surface area contributed by atoms with Crippen molar-refractivity contribution >= 4 is 11.3 Å². The van der Waals surface area contributed by atoms with Crippen LogP contribution in [0, 0.1) is 0 Å². The van der Waals surface area contributed by atoms with Crippen LogP contribution in [0.2, 0.25) is 0 Å². The number of benzene rings is 1. The van der Waals surface area contributed by atoms with Gasteiger partial charge in [0.15, 0.2) is 0 Å². The Morgan fingerprint density at radius 2 is 2.26 bits per heavy atom. The maximum Gasteiger partial charge on any atom is 0.134 e. The highest BCUT2D eigenvalue weighted by molar-refractivity contribution is 7.10. The van der Waals surface area contributed by atoms with Crippen LogP contribution in [-0.4, -0.2) is 7.11 Å². The number of hydrogen-bond acceptors (Lipinski definition) is 4. The number of rotatable bonds is 5. The highest BCUT2D eigenvalue weighted by atomic mass is 32.1. The summed E-state index contributed by atoms with van der Waals surface area (Å²) in [5, 5.41) is 2.05. The Kier molecular flexibility index (Phi) is 3.55. The van der Waals surface area contributed by atoms with Gasteiger partial charge < -0.3 is 4.74 Å². The van der Waals surface area contributed by atoms with Crippen molar-refractivity contribution < 1.29 is 4.74 Å². The average molecular weight is 274 g/mol. The van der Waals surface area contributed by atoms with E-state index in [2.05, 4.69) is 29.7 Å². The molecule has 0 saturated heterocycles. The van der Waals surface area contributed by atoms with Crippen molar-refractivity contribution in [2.24, 2.45) is 5.84 Å². The third-order valence-corrected chi connectivity index (χ3v) is 4.89. The number of methoxy groups -OCH3 is 1. The highest BCUT2D eigenvalue weighted by Gasteiger charge is 2.29. The molecule has 0 aliphatic heterocycles. The number of ether oxygens (including phenoxy) is 1. The van der Waals surface area contributed by atoms with Crippen molar-refractivity contribution in [3.05, 3.63) is 51.7 Å². The fourth-order valence-corrected chi connectivity index (χ4v) is 3.77.